The fourth-order valence-electron chi connectivity index (χ4n) is 1.52. The first-order chi connectivity index (χ1) is 8.78. The molecule has 0 atom stereocenters. The number of nitrogens with two attached hydrogens (primary N) is 1. The highest BCUT2D eigenvalue weighted by atomic mass is 16.3. The molecule has 0 unspecified atom stereocenters. The zero-order valence-electron chi connectivity index (χ0n) is 9.80. The van der Waals surface area contributed by atoms with E-state index in [-0.39, 0.29) is 5.75 Å². The van der Waals surface area contributed by atoms with Gasteiger partial charge in [-0.3, -0.25) is 5.43 Å². The van der Waals surface area contributed by atoms with Crippen molar-refractivity contribution in [3.05, 3.63) is 42.1 Å². The minimum Gasteiger partial charge on any atom is -0.508 e. The van der Waals surface area contributed by atoms with E-state index in [1.165, 1.54) is 0 Å². The van der Waals surface area contributed by atoms with Gasteiger partial charge in [-0.1, -0.05) is 12.1 Å². The van der Waals surface area contributed by atoms with Crippen LogP contribution >= 0.6 is 0 Å². The van der Waals surface area contributed by atoms with Crippen molar-refractivity contribution >= 4 is 11.8 Å². The van der Waals surface area contributed by atoms with Crippen LogP contribution in [0.3, 0.4) is 0 Å². The van der Waals surface area contributed by atoms with Gasteiger partial charge in [-0.2, -0.15) is 4.98 Å². The van der Waals surface area contributed by atoms with Gasteiger partial charge in [0.1, 0.15) is 11.6 Å². The summed E-state index contributed by atoms with van der Waals surface area (Å²) in [6, 6.07) is 8.91. The molecule has 0 amide bonds. The first kappa shape index (κ1) is 12.1. The van der Waals surface area contributed by atoms with Crippen LogP contribution in [0.5, 0.6) is 5.75 Å². The fourth-order valence-corrected chi connectivity index (χ4v) is 1.52. The molecular weight excluding hydrogens is 230 g/mol. The topological polar surface area (TPSA) is 96.1 Å². The fraction of sp³-hybridized carbons (Fsp3) is 0.167. The second-order valence-electron chi connectivity index (χ2n) is 3.75. The summed E-state index contributed by atoms with van der Waals surface area (Å²) in [4.78, 5) is 8.06. The molecule has 0 radical (unpaired) electrons. The van der Waals surface area contributed by atoms with Gasteiger partial charge in [0.15, 0.2) is 0 Å². The van der Waals surface area contributed by atoms with Crippen molar-refractivity contribution in [2.75, 3.05) is 17.3 Å². The van der Waals surface area contributed by atoms with Crippen molar-refractivity contribution in [1.82, 2.24) is 9.97 Å². The maximum atomic E-state index is 9.17. The van der Waals surface area contributed by atoms with Crippen LogP contribution in [-0.4, -0.2) is 21.6 Å². The molecule has 5 N–H and O–H groups in total. The van der Waals surface area contributed by atoms with Gasteiger partial charge >= 0.3 is 0 Å². The highest BCUT2D eigenvalue weighted by Crippen LogP contribution is 2.10. The molecule has 0 fully saturated rings. The number of aromatic hydroxyl groups is 1. The van der Waals surface area contributed by atoms with Crippen LogP contribution in [0.25, 0.3) is 0 Å². The Morgan fingerprint density at radius 1 is 1.17 bits per heavy atom. The highest BCUT2D eigenvalue weighted by Gasteiger charge is 1.97. The number of phenols is 1. The lowest BCUT2D eigenvalue weighted by Crippen LogP contribution is -2.12. The Kier molecular flexibility index (Phi) is 3.93. The summed E-state index contributed by atoms with van der Waals surface area (Å²) in [5, 5.41) is 12.3. The summed E-state index contributed by atoms with van der Waals surface area (Å²) < 4.78 is 0. The van der Waals surface area contributed by atoms with Crippen LogP contribution in [0.1, 0.15) is 5.56 Å². The summed E-state index contributed by atoms with van der Waals surface area (Å²) in [6.07, 6.45) is 2.47. The van der Waals surface area contributed by atoms with E-state index >= 15 is 0 Å². The lowest BCUT2D eigenvalue weighted by molar-refractivity contribution is 0.475. The number of benzene rings is 1. The molecule has 6 heteroatoms. The summed E-state index contributed by atoms with van der Waals surface area (Å²) in [7, 11) is 0. The van der Waals surface area contributed by atoms with Crippen LogP contribution in [0.2, 0.25) is 0 Å². The van der Waals surface area contributed by atoms with Gasteiger partial charge in [-0.25, -0.2) is 10.8 Å². The molecule has 2 aromatic rings. The van der Waals surface area contributed by atoms with E-state index < -0.39 is 0 Å². The van der Waals surface area contributed by atoms with Gasteiger partial charge < -0.3 is 10.4 Å². The maximum Gasteiger partial charge on any atom is 0.239 e. The highest BCUT2D eigenvalue weighted by molar-refractivity contribution is 5.39. The van der Waals surface area contributed by atoms with Crippen LogP contribution in [0, 0.1) is 0 Å². The standard InChI is InChI=1S/C12H15N5O/c13-17-12-15-8-6-11(16-12)14-7-5-9-1-3-10(18)4-2-9/h1-4,6,8,18H,5,7,13H2,(H2,14,15,16,17). The third-order valence-electron chi connectivity index (χ3n) is 2.44. The number of phenolic OH excluding ortho intramolecular Hbond substituents is 1. The largest absolute Gasteiger partial charge is 0.508 e. The van der Waals surface area contributed by atoms with Crippen molar-refractivity contribution in [1.29, 1.82) is 0 Å². The molecule has 0 aliphatic heterocycles. The monoisotopic (exact) mass is 245 g/mol. The summed E-state index contributed by atoms with van der Waals surface area (Å²) in [5.74, 6) is 6.60. The van der Waals surface area contributed by atoms with E-state index in [1.54, 1.807) is 24.4 Å². The minimum absolute atomic E-state index is 0.279. The predicted molar refractivity (Wildman–Crippen MR) is 70.1 cm³/mol. The van der Waals surface area contributed by atoms with E-state index in [1.807, 2.05) is 12.1 Å². The average Bonchev–Trinajstić information content (AvgIpc) is 2.41. The second kappa shape index (κ2) is 5.83. The molecule has 0 saturated carbocycles. The Morgan fingerprint density at radius 3 is 2.67 bits per heavy atom. The molecule has 94 valence electrons. The van der Waals surface area contributed by atoms with Crippen molar-refractivity contribution < 1.29 is 5.11 Å². The number of anilines is 2. The molecule has 1 heterocycles. The molecule has 1 aromatic heterocycles. The summed E-state index contributed by atoms with van der Waals surface area (Å²) in [6.45, 7) is 0.742. The van der Waals surface area contributed by atoms with Gasteiger partial charge in [0, 0.05) is 12.7 Å². The van der Waals surface area contributed by atoms with E-state index in [0.29, 0.717) is 5.95 Å². The predicted octanol–water partition coefficient (Wildman–Crippen LogP) is 1.12. The van der Waals surface area contributed by atoms with Gasteiger partial charge in [-0.05, 0) is 30.2 Å². The molecule has 0 aliphatic carbocycles. The number of hydrazine groups is 1. The van der Waals surface area contributed by atoms with Crippen molar-refractivity contribution in [3.8, 4) is 5.75 Å². The van der Waals surface area contributed by atoms with Crippen LogP contribution in [0.4, 0.5) is 11.8 Å². The quantitative estimate of drug-likeness (QED) is 0.465. The smallest absolute Gasteiger partial charge is 0.239 e. The summed E-state index contributed by atoms with van der Waals surface area (Å²) in [5.41, 5.74) is 3.54. The average molecular weight is 245 g/mol. The molecule has 18 heavy (non-hydrogen) atoms. The Labute approximate surface area is 105 Å². The van der Waals surface area contributed by atoms with Crippen LogP contribution in [0.15, 0.2) is 36.5 Å². The number of hydrogen-bond acceptors (Lipinski definition) is 6. The molecule has 0 saturated heterocycles. The van der Waals surface area contributed by atoms with Gasteiger partial charge in [0.25, 0.3) is 0 Å². The lowest BCUT2D eigenvalue weighted by atomic mass is 10.1. The first-order valence-corrected chi connectivity index (χ1v) is 5.59. The third kappa shape index (κ3) is 3.33. The molecule has 0 bridgehead atoms. The zero-order valence-corrected chi connectivity index (χ0v) is 9.80. The first-order valence-electron chi connectivity index (χ1n) is 5.59. The van der Waals surface area contributed by atoms with E-state index in [2.05, 4.69) is 20.7 Å². The van der Waals surface area contributed by atoms with Gasteiger partial charge in [0.2, 0.25) is 5.95 Å². The Hall–Kier alpha value is -2.34. The summed E-state index contributed by atoms with van der Waals surface area (Å²) >= 11 is 0. The minimum atomic E-state index is 0.279. The molecule has 6 nitrogen and oxygen atoms in total. The SMILES string of the molecule is NNc1nccc(NCCc2ccc(O)cc2)n1. The molecular formula is C12H15N5O. The molecule has 0 spiro atoms. The molecule has 0 aliphatic rings. The van der Waals surface area contributed by atoms with Gasteiger partial charge in [-0.15, -0.1) is 0 Å². The van der Waals surface area contributed by atoms with E-state index in [9.17, 15) is 0 Å². The Morgan fingerprint density at radius 2 is 1.94 bits per heavy atom. The number of aromatic nitrogens is 2. The van der Waals surface area contributed by atoms with Gasteiger partial charge in [0.05, 0.1) is 0 Å². The second-order valence-corrected chi connectivity index (χ2v) is 3.75. The molecule has 1 aromatic carbocycles. The van der Waals surface area contributed by atoms with Crippen molar-refractivity contribution in [3.63, 3.8) is 0 Å². The maximum absolute atomic E-state index is 9.17. The normalized spacial score (nSPS) is 10.1. The van der Waals surface area contributed by atoms with E-state index in [4.69, 9.17) is 10.9 Å². The number of nitrogens with one attached hydrogen (secondary N) is 2. The number of rotatable bonds is 5. The van der Waals surface area contributed by atoms with Crippen LogP contribution in [-0.2, 0) is 6.42 Å². The van der Waals surface area contributed by atoms with E-state index in [0.717, 1.165) is 24.3 Å². The van der Waals surface area contributed by atoms with Crippen molar-refractivity contribution in [2.45, 2.75) is 6.42 Å². The van der Waals surface area contributed by atoms with Crippen molar-refractivity contribution in [2.24, 2.45) is 5.84 Å². The number of nitrogens with zero attached hydrogens (tertiary/aromatic N) is 2. The zero-order chi connectivity index (χ0) is 12.8. The Balaban J connectivity index is 1.86. The number of nitrogen functional groups attached to an aromatic ring is 1. The number of hydrogen-bond donors (Lipinski definition) is 4. The molecule has 2 rings (SSSR count). The third-order valence-corrected chi connectivity index (χ3v) is 2.44. The Bertz CT molecular complexity index is 500. The van der Waals surface area contributed by atoms with Crippen LogP contribution < -0.4 is 16.6 Å². The lowest BCUT2D eigenvalue weighted by Gasteiger charge is -2.06.